The first-order chi connectivity index (χ1) is 8.70. The summed E-state index contributed by atoms with van der Waals surface area (Å²) < 4.78 is 14.7. The molecule has 1 heterocycles. The molecule has 0 N–H and O–H groups in total. The Labute approximate surface area is 125 Å². The molecule has 100 valence electrons. The Morgan fingerprint density at radius 3 is 2.94 bits per heavy atom. The van der Waals surface area contributed by atoms with Gasteiger partial charge in [0.05, 0.1) is 0 Å². The molecular formula is C14H18Br2FN. The van der Waals surface area contributed by atoms with Crippen LogP contribution in [0, 0.1) is 5.82 Å². The monoisotopic (exact) mass is 377 g/mol. The molecule has 0 radical (unpaired) electrons. The molecule has 1 unspecified atom stereocenters. The molecule has 4 heteroatoms. The van der Waals surface area contributed by atoms with Gasteiger partial charge >= 0.3 is 0 Å². The number of benzene rings is 1. The van der Waals surface area contributed by atoms with Crippen molar-refractivity contribution >= 4 is 31.9 Å². The molecule has 1 atom stereocenters. The minimum Gasteiger partial charge on any atom is -0.296 e. The minimum atomic E-state index is -0.0960. The second-order valence-electron chi connectivity index (χ2n) is 4.83. The van der Waals surface area contributed by atoms with Crippen LogP contribution in [-0.4, -0.2) is 22.8 Å². The molecule has 18 heavy (non-hydrogen) atoms. The zero-order chi connectivity index (χ0) is 13.0. The van der Waals surface area contributed by atoms with Crippen LogP contribution < -0.4 is 0 Å². The zero-order valence-electron chi connectivity index (χ0n) is 10.3. The lowest BCUT2D eigenvalue weighted by Gasteiger charge is -2.35. The summed E-state index contributed by atoms with van der Waals surface area (Å²) in [6.45, 7) is 1.81. The second kappa shape index (κ2) is 7.01. The average molecular weight is 379 g/mol. The molecule has 1 nitrogen and oxygen atoms in total. The molecule has 2 rings (SSSR count). The van der Waals surface area contributed by atoms with Crippen LogP contribution in [0.5, 0.6) is 0 Å². The van der Waals surface area contributed by atoms with Crippen molar-refractivity contribution < 1.29 is 4.39 Å². The Balaban J connectivity index is 2.08. The number of halogens is 3. The topological polar surface area (TPSA) is 3.24 Å². The number of piperidine rings is 1. The van der Waals surface area contributed by atoms with Gasteiger partial charge in [0.25, 0.3) is 0 Å². The number of rotatable bonds is 4. The summed E-state index contributed by atoms with van der Waals surface area (Å²) >= 11 is 6.93. The molecule has 0 saturated carbocycles. The number of hydrogen-bond acceptors (Lipinski definition) is 1. The van der Waals surface area contributed by atoms with Gasteiger partial charge in [0, 0.05) is 28.0 Å². The summed E-state index contributed by atoms with van der Waals surface area (Å²) in [4.78, 5) is 2.43. The fourth-order valence-electron chi connectivity index (χ4n) is 2.60. The normalized spacial score (nSPS) is 21.2. The third-order valence-electron chi connectivity index (χ3n) is 3.57. The van der Waals surface area contributed by atoms with Gasteiger partial charge < -0.3 is 0 Å². The maximum Gasteiger partial charge on any atom is 0.127 e. The first-order valence-electron chi connectivity index (χ1n) is 6.44. The molecule has 0 spiro atoms. The van der Waals surface area contributed by atoms with Crippen molar-refractivity contribution in [2.24, 2.45) is 0 Å². The van der Waals surface area contributed by atoms with Crippen LogP contribution in [-0.2, 0) is 6.54 Å². The molecular weight excluding hydrogens is 361 g/mol. The van der Waals surface area contributed by atoms with E-state index < -0.39 is 0 Å². The molecule has 0 aromatic heterocycles. The van der Waals surface area contributed by atoms with Crippen molar-refractivity contribution in [3.63, 3.8) is 0 Å². The Hall–Kier alpha value is 0.0700. The first kappa shape index (κ1) is 14.5. The van der Waals surface area contributed by atoms with E-state index in [1.807, 2.05) is 6.07 Å². The van der Waals surface area contributed by atoms with Gasteiger partial charge in [-0.3, -0.25) is 4.90 Å². The van der Waals surface area contributed by atoms with E-state index in [2.05, 4.69) is 36.8 Å². The van der Waals surface area contributed by atoms with E-state index in [1.165, 1.54) is 19.3 Å². The van der Waals surface area contributed by atoms with Crippen LogP contribution in [0.1, 0.15) is 31.2 Å². The smallest absolute Gasteiger partial charge is 0.127 e. The van der Waals surface area contributed by atoms with Crippen molar-refractivity contribution in [3.05, 3.63) is 34.1 Å². The van der Waals surface area contributed by atoms with Crippen molar-refractivity contribution in [3.8, 4) is 0 Å². The largest absolute Gasteiger partial charge is 0.296 e. The summed E-state index contributed by atoms with van der Waals surface area (Å²) in [5.74, 6) is -0.0960. The third-order valence-corrected chi connectivity index (χ3v) is 4.52. The number of alkyl halides is 1. The van der Waals surface area contributed by atoms with Gasteiger partial charge in [0.15, 0.2) is 0 Å². The Kier molecular flexibility index (Phi) is 5.64. The molecule has 1 aromatic carbocycles. The number of nitrogens with zero attached hydrogens (tertiary/aromatic N) is 1. The maximum atomic E-state index is 13.8. The van der Waals surface area contributed by atoms with E-state index in [1.54, 1.807) is 12.1 Å². The van der Waals surface area contributed by atoms with Crippen LogP contribution in [0.15, 0.2) is 22.7 Å². The van der Waals surface area contributed by atoms with Gasteiger partial charge in [-0.1, -0.05) is 38.3 Å². The van der Waals surface area contributed by atoms with Crippen LogP contribution in [0.25, 0.3) is 0 Å². The van der Waals surface area contributed by atoms with Gasteiger partial charge in [-0.15, -0.1) is 0 Å². The summed E-state index contributed by atoms with van der Waals surface area (Å²) in [6.07, 6.45) is 4.92. The zero-order valence-corrected chi connectivity index (χ0v) is 13.5. The highest BCUT2D eigenvalue weighted by Gasteiger charge is 2.22. The minimum absolute atomic E-state index is 0.0960. The van der Waals surface area contributed by atoms with Gasteiger partial charge in [-0.05, 0) is 44.0 Å². The van der Waals surface area contributed by atoms with Crippen molar-refractivity contribution in [2.45, 2.75) is 38.3 Å². The van der Waals surface area contributed by atoms with E-state index in [9.17, 15) is 4.39 Å². The van der Waals surface area contributed by atoms with Gasteiger partial charge in [0.1, 0.15) is 5.82 Å². The summed E-state index contributed by atoms with van der Waals surface area (Å²) in [5, 5.41) is 1.02. The molecule has 1 aliphatic heterocycles. The summed E-state index contributed by atoms with van der Waals surface area (Å²) in [7, 11) is 0. The maximum absolute atomic E-state index is 13.8. The predicted octanol–water partition coefficient (Wildman–Crippen LogP) is 4.73. The highest BCUT2D eigenvalue weighted by atomic mass is 79.9. The molecule has 1 saturated heterocycles. The number of likely N-dealkylation sites (tertiary alicyclic amines) is 1. The second-order valence-corrected chi connectivity index (χ2v) is 6.54. The van der Waals surface area contributed by atoms with E-state index in [0.29, 0.717) is 6.04 Å². The van der Waals surface area contributed by atoms with Crippen molar-refractivity contribution in [1.29, 1.82) is 0 Å². The van der Waals surface area contributed by atoms with E-state index >= 15 is 0 Å². The highest BCUT2D eigenvalue weighted by Crippen LogP contribution is 2.24. The van der Waals surface area contributed by atoms with Crippen LogP contribution >= 0.6 is 31.9 Å². The Bertz CT molecular complexity index is 395. The fraction of sp³-hybridized carbons (Fsp3) is 0.571. The quantitative estimate of drug-likeness (QED) is 0.684. The molecule has 0 amide bonds. The molecule has 1 fully saturated rings. The lowest BCUT2D eigenvalue weighted by Crippen LogP contribution is -2.39. The summed E-state index contributed by atoms with van der Waals surface area (Å²) in [6, 6.07) is 5.79. The summed E-state index contributed by atoms with van der Waals surface area (Å²) in [5.41, 5.74) is 0.797. The third kappa shape index (κ3) is 3.78. The molecule has 1 aliphatic rings. The highest BCUT2D eigenvalue weighted by molar-refractivity contribution is 9.10. The SMILES string of the molecule is Fc1ccc(Br)cc1CN1CCCCC1CCBr. The van der Waals surface area contributed by atoms with Crippen LogP contribution in [0.2, 0.25) is 0 Å². The van der Waals surface area contributed by atoms with Gasteiger partial charge in [0.2, 0.25) is 0 Å². The Morgan fingerprint density at radius 1 is 1.33 bits per heavy atom. The number of hydrogen-bond donors (Lipinski definition) is 0. The average Bonchev–Trinajstić information content (AvgIpc) is 2.36. The van der Waals surface area contributed by atoms with Crippen LogP contribution in [0.4, 0.5) is 4.39 Å². The van der Waals surface area contributed by atoms with E-state index in [-0.39, 0.29) is 5.82 Å². The van der Waals surface area contributed by atoms with E-state index in [4.69, 9.17) is 0 Å². The van der Waals surface area contributed by atoms with Crippen molar-refractivity contribution in [1.82, 2.24) is 4.90 Å². The van der Waals surface area contributed by atoms with E-state index in [0.717, 1.165) is 34.9 Å². The first-order valence-corrected chi connectivity index (χ1v) is 8.36. The van der Waals surface area contributed by atoms with Gasteiger partial charge in [-0.25, -0.2) is 4.39 Å². The molecule has 1 aromatic rings. The van der Waals surface area contributed by atoms with Crippen molar-refractivity contribution in [2.75, 3.05) is 11.9 Å². The lowest BCUT2D eigenvalue weighted by atomic mass is 9.99. The van der Waals surface area contributed by atoms with Crippen LogP contribution in [0.3, 0.4) is 0 Å². The predicted molar refractivity (Wildman–Crippen MR) is 80.6 cm³/mol. The standard InChI is InChI=1S/C14H18Br2FN/c15-7-6-13-3-1-2-8-18(13)10-11-9-12(16)4-5-14(11)17/h4-5,9,13H,1-3,6-8,10H2. The lowest BCUT2D eigenvalue weighted by molar-refractivity contribution is 0.135. The van der Waals surface area contributed by atoms with Gasteiger partial charge in [-0.2, -0.15) is 0 Å². The Morgan fingerprint density at radius 2 is 2.17 bits per heavy atom. The fourth-order valence-corrected chi connectivity index (χ4v) is 3.54. The molecule has 0 aliphatic carbocycles. The molecule has 0 bridgehead atoms.